The summed E-state index contributed by atoms with van der Waals surface area (Å²) in [5.41, 5.74) is 2.79. The molecule has 0 amide bonds. The van der Waals surface area contributed by atoms with E-state index >= 15 is 0 Å². The number of nitrogens with one attached hydrogen (secondary N) is 1. The lowest BCUT2D eigenvalue weighted by Gasteiger charge is -2.37. The Morgan fingerprint density at radius 3 is 2.12 bits per heavy atom. The van der Waals surface area contributed by atoms with Crippen LogP contribution in [-0.4, -0.2) is 26.2 Å². The molecule has 0 heterocycles. The van der Waals surface area contributed by atoms with E-state index in [0.717, 1.165) is 6.54 Å². The second kappa shape index (κ2) is 5.54. The van der Waals surface area contributed by atoms with E-state index in [1.54, 1.807) is 0 Å². The van der Waals surface area contributed by atoms with Crippen molar-refractivity contribution in [2.75, 3.05) is 25.5 Å². The molecule has 0 aliphatic heterocycles. The topological polar surface area (TPSA) is 15.3 Å². The van der Waals surface area contributed by atoms with Gasteiger partial charge in [0.1, 0.15) is 0 Å². The van der Waals surface area contributed by atoms with Gasteiger partial charge in [-0.2, -0.15) is 0 Å². The Bertz CT molecular complexity index is 338. The van der Waals surface area contributed by atoms with Gasteiger partial charge in [0, 0.05) is 24.8 Å². The Balaban J connectivity index is 2.86. The number of nitrogens with zero attached hydrogens (tertiary/aromatic N) is 1. The van der Waals surface area contributed by atoms with Gasteiger partial charge in [0.15, 0.2) is 0 Å². The highest BCUT2D eigenvalue weighted by molar-refractivity contribution is 5.49. The zero-order valence-corrected chi connectivity index (χ0v) is 12.0. The zero-order valence-electron chi connectivity index (χ0n) is 12.0. The van der Waals surface area contributed by atoms with Gasteiger partial charge >= 0.3 is 0 Å². The van der Waals surface area contributed by atoms with Gasteiger partial charge < -0.3 is 10.2 Å². The van der Waals surface area contributed by atoms with Gasteiger partial charge in [0.05, 0.1) is 0 Å². The average Bonchev–Trinajstić information content (AvgIpc) is 2.28. The standard InChI is InChI=1S/C15H26N2/c1-12(2)13-7-9-14(10-8-13)17(6)15(3,4)11-16-5/h7-10,12,16H,11H2,1-6H3. The molecule has 0 saturated carbocycles. The zero-order chi connectivity index (χ0) is 13.1. The van der Waals surface area contributed by atoms with Crippen molar-refractivity contribution in [3.8, 4) is 0 Å². The molecule has 1 aromatic carbocycles. The van der Waals surface area contributed by atoms with Crippen molar-refractivity contribution in [2.24, 2.45) is 0 Å². The van der Waals surface area contributed by atoms with E-state index in [1.807, 2.05) is 7.05 Å². The molecule has 17 heavy (non-hydrogen) atoms. The van der Waals surface area contributed by atoms with Crippen LogP contribution in [0.15, 0.2) is 24.3 Å². The van der Waals surface area contributed by atoms with Gasteiger partial charge in [-0.05, 0) is 44.5 Å². The molecule has 2 heteroatoms. The van der Waals surface area contributed by atoms with E-state index in [2.05, 4.69) is 69.2 Å². The summed E-state index contributed by atoms with van der Waals surface area (Å²) in [4.78, 5) is 2.33. The van der Waals surface area contributed by atoms with Crippen molar-refractivity contribution in [2.45, 2.75) is 39.2 Å². The Labute approximate surface area is 106 Å². The monoisotopic (exact) mass is 234 g/mol. The largest absolute Gasteiger partial charge is 0.368 e. The van der Waals surface area contributed by atoms with Gasteiger partial charge in [-0.15, -0.1) is 0 Å². The van der Waals surface area contributed by atoms with Gasteiger partial charge in [0.25, 0.3) is 0 Å². The fraction of sp³-hybridized carbons (Fsp3) is 0.600. The number of hydrogen-bond donors (Lipinski definition) is 1. The van der Waals surface area contributed by atoms with Crippen molar-refractivity contribution in [3.63, 3.8) is 0 Å². The third kappa shape index (κ3) is 3.47. The van der Waals surface area contributed by atoms with Gasteiger partial charge in [-0.3, -0.25) is 0 Å². The summed E-state index contributed by atoms with van der Waals surface area (Å²) in [6.45, 7) is 9.92. The van der Waals surface area contributed by atoms with E-state index in [1.165, 1.54) is 11.3 Å². The molecule has 0 aromatic heterocycles. The second-order valence-corrected chi connectivity index (χ2v) is 5.65. The van der Waals surface area contributed by atoms with Crippen LogP contribution in [0.4, 0.5) is 5.69 Å². The average molecular weight is 234 g/mol. The molecule has 0 aliphatic rings. The van der Waals surface area contributed by atoms with Gasteiger partial charge in [0.2, 0.25) is 0 Å². The van der Waals surface area contributed by atoms with Crippen LogP contribution in [0.25, 0.3) is 0 Å². The molecule has 0 fully saturated rings. The van der Waals surface area contributed by atoms with Crippen LogP contribution in [0.2, 0.25) is 0 Å². The summed E-state index contributed by atoms with van der Waals surface area (Å²) in [5, 5.41) is 3.25. The Hall–Kier alpha value is -1.02. The minimum atomic E-state index is 0.119. The molecule has 1 aromatic rings. The number of anilines is 1. The first kappa shape index (κ1) is 14.0. The molecule has 0 aliphatic carbocycles. The molecule has 0 atom stereocenters. The van der Waals surface area contributed by atoms with Crippen LogP contribution in [-0.2, 0) is 0 Å². The third-order valence-corrected chi connectivity index (χ3v) is 3.46. The molecule has 0 spiro atoms. The first-order valence-electron chi connectivity index (χ1n) is 6.37. The summed E-state index contributed by atoms with van der Waals surface area (Å²) < 4.78 is 0. The lowest BCUT2D eigenvalue weighted by molar-refractivity contribution is 0.463. The first-order chi connectivity index (χ1) is 7.88. The molecule has 1 N–H and O–H groups in total. The minimum absolute atomic E-state index is 0.119. The van der Waals surface area contributed by atoms with E-state index in [9.17, 15) is 0 Å². The lowest BCUT2D eigenvalue weighted by atomic mass is 10.00. The quantitative estimate of drug-likeness (QED) is 0.841. The van der Waals surface area contributed by atoms with Crippen molar-refractivity contribution < 1.29 is 0 Å². The van der Waals surface area contributed by atoms with Gasteiger partial charge in [-0.1, -0.05) is 26.0 Å². The molecular formula is C15H26N2. The van der Waals surface area contributed by atoms with Crippen LogP contribution in [0.3, 0.4) is 0 Å². The normalized spacial score (nSPS) is 11.9. The Kier molecular flexibility index (Phi) is 4.58. The van der Waals surface area contributed by atoms with Crippen LogP contribution < -0.4 is 10.2 Å². The maximum atomic E-state index is 3.25. The van der Waals surface area contributed by atoms with Crippen LogP contribution >= 0.6 is 0 Å². The summed E-state index contributed by atoms with van der Waals surface area (Å²) in [6, 6.07) is 8.89. The highest BCUT2D eigenvalue weighted by Gasteiger charge is 2.22. The predicted octanol–water partition coefficient (Wildman–Crippen LogP) is 3.24. The molecule has 0 unspecified atom stereocenters. The van der Waals surface area contributed by atoms with E-state index < -0.39 is 0 Å². The molecule has 0 saturated heterocycles. The van der Waals surface area contributed by atoms with Crippen LogP contribution in [0.5, 0.6) is 0 Å². The first-order valence-corrected chi connectivity index (χ1v) is 6.37. The van der Waals surface area contributed by atoms with Crippen LogP contribution in [0.1, 0.15) is 39.2 Å². The summed E-state index contributed by atoms with van der Waals surface area (Å²) in [7, 11) is 4.15. The van der Waals surface area contributed by atoms with Crippen molar-refractivity contribution in [1.82, 2.24) is 5.32 Å². The number of likely N-dealkylation sites (N-methyl/N-ethyl adjacent to an activating group) is 2. The van der Waals surface area contributed by atoms with E-state index in [-0.39, 0.29) is 5.54 Å². The molecule has 1 rings (SSSR count). The maximum absolute atomic E-state index is 3.25. The molecular weight excluding hydrogens is 208 g/mol. The van der Waals surface area contributed by atoms with Crippen molar-refractivity contribution >= 4 is 5.69 Å². The van der Waals surface area contributed by atoms with E-state index in [4.69, 9.17) is 0 Å². The molecule has 0 bridgehead atoms. The predicted molar refractivity (Wildman–Crippen MR) is 76.9 cm³/mol. The van der Waals surface area contributed by atoms with E-state index in [0.29, 0.717) is 5.92 Å². The second-order valence-electron chi connectivity index (χ2n) is 5.65. The molecule has 96 valence electrons. The SMILES string of the molecule is CNCC(C)(C)N(C)c1ccc(C(C)C)cc1. The fourth-order valence-electron chi connectivity index (χ4n) is 1.98. The van der Waals surface area contributed by atoms with Gasteiger partial charge in [-0.25, -0.2) is 0 Å². The Morgan fingerprint density at radius 1 is 1.18 bits per heavy atom. The summed E-state index contributed by atoms with van der Waals surface area (Å²) >= 11 is 0. The highest BCUT2D eigenvalue weighted by Crippen LogP contribution is 2.24. The molecule has 2 nitrogen and oxygen atoms in total. The summed E-state index contributed by atoms with van der Waals surface area (Å²) in [5.74, 6) is 0.597. The summed E-state index contributed by atoms with van der Waals surface area (Å²) in [6.07, 6.45) is 0. The van der Waals surface area contributed by atoms with Crippen molar-refractivity contribution in [1.29, 1.82) is 0 Å². The number of benzene rings is 1. The lowest BCUT2D eigenvalue weighted by Crippen LogP contribution is -2.48. The third-order valence-electron chi connectivity index (χ3n) is 3.46. The highest BCUT2D eigenvalue weighted by atomic mass is 15.2. The maximum Gasteiger partial charge on any atom is 0.0466 e. The molecule has 0 radical (unpaired) electrons. The Morgan fingerprint density at radius 2 is 1.71 bits per heavy atom. The number of rotatable bonds is 5. The smallest absolute Gasteiger partial charge is 0.0466 e. The van der Waals surface area contributed by atoms with Crippen molar-refractivity contribution in [3.05, 3.63) is 29.8 Å². The fourth-order valence-corrected chi connectivity index (χ4v) is 1.98. The number of hydrogen-bond acceptors (Lipinski definition) is 2. The minimum Gasteiger partial charge on any atom is -0.368 e. The van der Waals surface area contributed by atoms with Crippen LogP contribution in [0, 0.1) is 0 Å².